The topological polar surface area (TPSA) is 71.4 Å². The zero-order valence-corrected chi connectivity index (χ0v) is 9.01. The Morgan fingerprint density at radius 1 is 1.38 bits per heavy atom. The molecule has 0 radical (unpaired) electrons. The molecule has 0 aliphatic carbocycles. The second kappa shape index (κ2) is 4.17. The Bertz CT molecular complexity index is 537. The van der Waals surface area contributed by atoms with Crippen LogP contribution in [0.25, 0.3) is 0 Å². The average molecular weight is 250 g/mol. The third-order valence-corrected chi connectivity index (χ3v) is 2.94. The van der Waals surface area contributed by atoms with Crippen LogP contribution in [0.15, 0.2) is 17.0 Å². The maximum atomic E-state index is 13.1. The second-order valence-corrected chi connectivity index (χ2v) is 5.24. The van der Waals surface area contributed by atoms with Crippen LogP contribution in [0.4, 0.5) is 8.78 Å². The summed E-state index contributed by atoms with van der Waals surface area (Å²) in [6.45, 7) is 0. The second-order valence-electron chi connectivity index (χ2n) is 3.22. The van der Waals surface area contributed by atoms with E-state index in [4.69, 9.17) is 5.11 Å². The van der Waals surface area contributed by atoms with Gasteiger partial charge in [-0.3, -0.25) is 4.79 Å². The fraction of sp³-hybridized carbons (Fsp3) is 0.222. The molecular weight excluding hydrogens is 242 g/mol. The number of aliphatic carboxylic acids is 1. The highest BCUT2D eigenvalue weighted by atomic mass is 32.2. The number of carboxylic acid groups (broad SMARTS) is 1. The first kappa shape index (κ1) is 12.6. The maximum absolute atomic E-state index is 13.1. The lowest BCUT2D eigenvalue weighted by Crippen LogP contribution is -2.07. The number of rotatable bonds is 3. The molecule has 1 aromatic carbocycles. The van der Waals surface area contributed by atoms with E-state index >= 15 is 0 Å². The van der Waals surface area contributed by atoms with Gasteiger partial charge >= 0.3 is 5.97 Å². The predicted molar refractivity (Wildman–Crippen MR) is 50.8 cm³/mol. The number of halogens is 2. The zero-order chi connectivity index (χ0) is 12.5. The minimum absolute atomic E-state index is 0.442. The fourth-order valence-corrected chi connectivity index (χ4v) is 1.80. The SMILES string of the molecule is CS(=O)(=O)c1cc(F)c(F)c(CC(=O)O)c1. The summed E-state index contributed by atoms with van der Waals surface area (Å²) in [5.41, 5.74) is -0.493. The van der Waals surface area contributed by atoms with Crippen LogP contribution in [0.5, 0.6) is 0 Å². The van der Waals surface area contributed by atoms with Crippen molar-refractivity contribution < 1.29 is 27.1 Å². The van der Waals surface area contributed by atoms with E-state index in [0.29, 0.717) is 6.07 Å². The van der Waals surface area contributed by atoms with Crippen LogP contribution < -0.4 is 0 Å². The van der Waals surface area contributed by atoms with Gasteiger partial charge in [0.2, 0.25) is 0 Å². The van der Waals surface area contributed by atoms with E-state index in [1.807, 2.05) is 0 Å². The maximum Gasteiger partial charge on any atom is 0.307 e. The summed E-state index contributed by atoms with van der Waals surface area (Å²) in [7, 11) is -3.70. The summed E-state index contributed by atoms with van der Waals surface area (Å²) in [6.07, 6.45) is 0.0519. The summed E-state index contributed by atoms with van der Waals surface area (Å²) in [5.74, 6) is -4.09. The van der Waals surface area contributed by atoms with Crippen LogP contribution in [0, 0.1) is 11.6 Å². The van der Waals surface area contributed by atoms with E-state index in [1.165, 1.54) is 0 Å². The van der Waals surface area contributed by atoms with Gasteiger partial charge in [0.15, 0.2) is 21.5 Å². The van der Waals surface area contributed by atoms with Crippen molar-refractivity contribution in [3.05, 3.63) is 29.3 Å². The molecule has 0 saturated heterocycles. The molecule has 0 bridgehead atoms. The molecule has 1 N–H and O–H groups in total. The van der Waals surface area contributed by atoms with Crippen molar-refractivity contribution in [2.75, 3.05) is 6.26 Å². The molecule has 0 amide bonds. The number of benzene rings is 1. The molecule has 7 heteroatoms. The van der Waals surface area contributed by atoms with E-state index in [0.717, 1.165) is 12.3 Å². The first-order valence-electron chi connectivity index (χ1n) is 4.11. The molecule has 0 aromatic heterocycles. The first-order valence-corrected chi connectivity index (χ1v) is 6.00. The van der Waals surface area contributed by atoms with Gasteiger partial charge in [-0.05, 0) is 12.1 Å². The van der Waals surface area contributed by atoms with Crippen LogP contribution in [-0.2, 0) is 21.1 Å². The number of sulfone groups is 1. The van der Waals surface area contributed by atoms with Crippen LogP contribution in [0.3, 0.4) is 0 Å². The van der Waals surface area contributed by atoms with Crippen LogP contribution in [0.2, 0.25) is 0 Å². The average Bonchev–Trinajstić information content (AvgIpc) is 2.10. The highest BCUT2D eigenvalue weighted by molar-refractivity contribution is 7.90. The van der Waals surface area contributed by atoms with E-state index in [9.17, 15) is 22.0 Å². The van der Waals surface area contributed by atoms with Gasteiger partial charge in [-0.25, -0.2) is 17.2 Å². The van der Waals surface area contributed by atoms with Gasteiger partial charge in [0.25, 0.3) is 0 Å². The Balaban J connectivity index is 3.39. The molecular formula is C9H8F2O4S. The predicted octanol–water partition coefficient (Wildman–Crippen LogP) is 0.995. The fourth-order valence-electron chi connectivity index (χ4n) is 1.12. The van der Waals surface area contributed by atoms with Crippen LogP contribution >= 0.6 is 0 Å². The lowest BCUT2D eigenvalue weighted by Gasteiger charge is -2.04. The molecule has 0 fully saturated rings. The zero-order valence-electron chi connectivity index (χ0n) is 8.20. The van der Waals surface area contributed by atoms with E-state index < -0.39 is 44.3 Å². The standard InChI is InChI=1S/C9H8F2O4S/c1-16(14,15)6-2-5(3-8(12)13)9(11)7(10)4-6/h2,4H,3H2,1H3,(H,12,13). The van der Waals surface area contributed by atoms with Crippen molar-refractivity contribution in [1.82, 2.24) is 0 Å². The molecule has 88 valence electrons. The molecule has 0 atom stereocenters. The van der Waals surface area contributed by atoms with Crippen molar-refractivity contribution in [2.45, 2.75) is 11.3 Å². The normalized spacial score (nSPS) is 11.4. The molecule has 0 heterocycles. The summed E-state index contributed by atoms with van der Waals surface area (Å²) in [4.78, 5) is 9.91. The van der Waals surface area contributed by atoms with Gasteiger partial charge in [0, 0.05) is 11.8 Å². The van der Waals surface area contributed by atoms with Gasteiger partial charge in [-0.2, -0.15) is 0 Å². The van der Waals surface area contributed by atoms with Crippen molar-refractivity contribution in [3.8, 4) is 0 Å². The van der Waals surface area contributed by atoms with Crippen molar-refractivity contribution >= 4 is 15.8 Å². The van der Waals surface area contributed by atoms with Gasteiger partial charge in [-0.1, -0.05) is 0 Å². The minimum Gasteiger partial charge on any atom is -0.481 e. The number of hydrogen-bond acceptors (Lipinski definition) is 3. The summed E-state index contributed by atoms with van der Waals surface area (Å²) >= 11 is 0. The largest absolute Gasteiger partial charge is 0.481 e. The third-order valence-electron chi connectivity index (χ3n) is 1.85. The molecule has 0 aliphatic rings. The number of hydrogen-bond donors (Lipinski definition) is 1. The molecule has 0 aliphatic heterocycles. The number of carboxylic acids is 1. The number of carbonyl (C=O) groups is 1. The van der Waals surface area contributed by atoms with Crippen LogP contribution in [-0.4, -0.2) is 25.7 Å². The van der Waals surface area contributed by atoms with Gasteiger partial charge in [-0.15, -0.1) is 0 Å². The molecule has 0 saturated carbocycles. The lowest BCUT2D eigenvalue weighted by molar-refractivity contribution is -0.136. The molecule has 0 spiro atoms. The Morgan fingerprint density at radius 3 is 2.38 bits per heavy atom. The van der Waals surface area contributed by atoms with Gasteiger partial charge in [0.1, 0.15) is 0 Å². The molecule has 0 unspecified atom stereocenters. The van der Waals surface area contributed by atoms with E-state index in [2.05, 4.69) is 0 Å². The monoisotopic (exact) mass is 250 g/mol. The van der Waals surface area contributed by atoms with Crippen molar-refractivity contribution in [3.63, 3.8) is 0 Å². The Morgan fingerprint density at radius 2 is 1.94 bits per heavy atom. The van der Waals surface area contributed by atoms with Crippen molar-refractivity contribution in [2.24, 2.45) is 0 Å². The molecule has 16 heavy (non-hydrogen) atoms. The van der Waals surface area contributed by atoms with Gasteiger partial charge in [0.05, 0.1) is 11.3 Å². The third kappa shape index (κ3) is 2.75. The Labute approximate surface area is 90.4 Å². The first-order chi connectivity index (χ1) is 7.21. The smallest absolute Gasteiger partial charge is 0.307 e. The Kier molecular flexibility index (Phi) is 3.27. The van der Waals surface area contributed by atoms with Crippen molar-refractivity contribution in [1.29, 1.82) is 0 Å². The van der Waals surface area contributed by atoms with E-state index in [-0.39, 0.29) is 0 Å². The molecule has 1 aromatic rings. The minimum atomic E-state index is -3.70. The Hall–Kier alpha value is -1.50. The molecule has 1 rings (SSSR count). The summed E-state index contributed by atoms with van der Waals surface area (Å²) in [6, 6.07) is 1.35. The quantitative estimate of drug-likeness (QED) is 0.812. The van der Waals surface area contributed by atoms with Gasteiger partial charge < -0.3 is 5.11 Å². The van der Waals surface area contributed by atoms with Crippen LogP contribution in [0.1, 0.15) is 5.56 Å². The highest BCUT2D eigenvalue weighted by Gasteiger charge is 2.17. The summed E-state index contributed by atoms with van der Waals surface area (Å²) in [5, 5.41) is 8.44. The molecule has 4 nitrogen and oxygen atoms in total. The highest BCUT2D eigenvalue weighted by Crippen LogP contribution is 2.19. The summed E-state index contributed by atoms with van der Waals surface area (Å²) < 4.78 is 48.3. The van der Waals surface area contributed by atoms with E-state index in [1.54, 1.807) is 0 Å². The lowest BCUT2D eigenvalue weighted by atomic mass is 10.1.